The van der Waals surface area contributed by atoms with E-state index in [1.807, 2.05) is 19.9 Å². The molecule has 106 valence electrons. The van der Waals surface area contributed by atoms with Crippen LogP contribution in [0.5, 0.6) is 0 Å². The summed E-state index contributed by atoms with van der Waals surface area (Å²) in [6, 6.07) is 6.63. The maximum Gasteiger partial charge on any atom is 0.271 e. The van der Waals surface area contributed by atoms with Crippen LogP contribution in [-0.2, 0) is 11.3 Å². The van der Waals surface area contributed by atoms with Crippen molar-refractivity contribution in [3.05, 3.63) is 40.6 Å². The fraction of sp³-hybridized carbons (Fsp3) is 0.357. The van der Waals surface area contributed by atoms with E-state index in [2.05, 4.69) is 0 Å². The quantitative estimate of drug-likeness (QED) is 0.635. The molecule has 0 unspecified atom stereocenters. The molecule has 0 saturated heterocycles. The molecule has 6 nitrogen and oxygen atoms in total. The lowest BCUT2D eigenvalue weighted by atomic mass is 10.2. The third-order valence-electron chi connectivity index (χ3n) is 3.44. The van der Waals surface area contributed by atoms with Crippen LogP contribution < -0.4 is 0 Å². The van der Waals surface area contributed by atoms with Gasteiger partial charge in [0.05, 0.1) is 10.4 Å². The van der Waals surface area contributed by atoms with Crippen LogP contribution in [0.15, 0.2) is 30.5 Å². The van der Waals surface area contributed by atoms with E-state index in [0.717, 1.165) is 5.39 Å². The lowest BCUT2D eigenvalue weighted by molar-refractivity contribution is -0.384. The first-order valence-corrected chi connectivity index (χ1v) is 6.39. The van der Waals surface area contributed by atoms with E-state index in [4.69, 9.17) is 0 Å². The predicted molar refractivity (Wildman–Crippen MR) is 76.5 cm³/mol. The van der Waals surface area contributed by atoms with Crippen LogP contribution in [-0.4, -0.2) is 33.4 Å². The van der Waals surface area contributed by atoms with Gasteiger partial charge >= 0.3 is 0 Å². The summed E-state index contributed by atoms with van der Waals surface area (Å²) < 4.78 is 1.74. The van der Waals surface area contributed by atoms with E-state index in [9.17, 15) is 14.9 Å². The number of benzene rings is 1. The summed E-state index contributed by atoms with van der Waals surface area (Å²) in [7, 11) is 1.75. The third-order valence-corrected chi connectivity index (χ3v) is 3.44. The smallest absolute Gasteiger partial charge is 0.271 e. The van der Waals surface area contributed by atoms with E-state index < -0.39 is 4.92 Å². The molecule has 1 aromatic heterocycles. The second-order valence-electron chi connectivity index (χ2n) is 5.04. The first-order valence-electron chi connectivity index (χ1n) is 6.39. The van der Waals surface area contributed by atoms with Crippen molar-refractivity contribution in [3.8, 4) is 0 Å². The first-order chi connectivity index (χ1) is 9.40. The Bertz CT molecular complexity index is 661. The zero-order valence-electron chi connectivity index (χ0n) is 11.7. The number of nitrogens with zero attached hydrogens (tertiary/aromatic N) is 3. The van der Waals surface area contributed by atoms with Gasteiger partial charge in [-0.25, -0.2) is 0 Å². The van der Waals surface area contributed by atoms with Crippen LogP contribution in [0.3, 0.4) is 0 Å². The fourth-order valence-electron chi connectivity index (χ4n) is 1.97. The number of amides is 1. The number of likely N-dealkylation sites (N-methyl/N-ethyl adjacent to an activating group) is 1. The van der Waals surface area contributed by atoms with E-state index in [1.54, 1.807) is 28.8 Å². The number of hydrogen-bond donors (Lipinski definition) is 0. The second kappa shape index (κ2) is 5.32. The molecule has 2 rings (SSSR count). The van der Waals surface area contributed by atoms with E-state index in [-0.39, 0.29) is 24.2 Å². The Morgan fingerprint density at radius 3 is 2.70 bits per heavy atom. The van der Waals surface area contributed by atoms with Gasteiger partial charge in [0.1, 0.15) is 6.54 Å². The monoisotopic (exact) mass is 275 g/mol. The van der Waals surface area contributed by atoms with Gasteiger partial charge in [-0.1, -0.05) is 0 Å². The Labute approximate surface area is 116 Å². The molecule has 0 spiro atoms. The molecule has 0 atom stereocenters. The molecule has 20 heavy (non-hydrogen) atoms. The minimum atomic E-state index is -0.432. The molecule has 0 radical (unpaired) electrons. The normalized spacial score (nSPS) is 11.0. The molecule has 0 fully saturated rings. The molecule has 0 bridgehead atoms. The third kappa shape index (κ3) is 2.64. The summed E-state index contributed by atoms with van der Waals surface area (Å²) in [4.78, 5) is 24.1. The summed E-state index contributed by atoms with van der Waals surface area (Å²) in [5.41, 5.74) is 0.729. The van der Waals surface area contributed by atoms with Crippen molar-refractivity contribution in [2.24, 2.45) is 0 Å². The Morgan fingerprint density at radius 2 is 2.10 bits per heavy atom. The van der Waals surface area contributed by atoms with E-state index >= 15 is 0 Å². The number of rotatable bonds is 4. The van der Waals surface area contributed by atoms with Crippen molar-refractivity contribution in [2.45, 2.75) is 26.4 Å². The van der Waals surface area contributed by atoms with Crippen LogP contribution >= 0.6 is 0 Å². The van der Waals surface area contributed by atoms with Gasteiger partial charge in [0, 0.05) is 36.8 Å². The van der Waals surface area contributed by atoms with Gasteiger partial charge in [-0.05, 0) is 26.0 Å². The van der Waals surface area contributed by atoms with Crippen LogP contribution in [0, 0.1) is 10.1 Å². The number of aromatic nitrogens is 1. The van der Waals surface area contributed by atoms with Gasteiger partial charge in [-0.15, -0.1) is 0 Å². The van der Waals surface area contributed by atoms with Gasteiger partial charge in [0.2, 0.25) is 5.91 Å². The van der Waals surface area contributed by atoms with Crippen molar-refractivity contribution in [1.29, 1.82) is 0 Å². The molecule has 0 aliphatic rings. The highest BCUT2D eigenvalue weighted by atomic mass is 16.6. The summed E-state index contributed by atoms with van der Waals surface area (Å²) in [5.74, 6) is -0.0241. The molecule has 0 saturated carbocycles. The molecule has 1 heterocycles. The Hall–Kier alpha value is -2.37. The molecule has 1 aromatic carbocycles. The topological polar surface area (TPSA) is 68.4 Å². The van der Waals surface area contributed by atoms with Crippen LogP contribution in [0.4, 0.5) is 5.69 Å². The second-order valence-corrected chi connectivity index (χ2v) is 5.04. The summed E-state index contributed by atoms with van der Waals surface area (Å²) in [5, 5.41) is 11.7. The van der Waals surface area contributed by atoms with Gasteiger partial charge in [0.25, 0.3) is 5.69 Å². The van der Waals surface area contributed by atoms with Gasteiger partial charge in [-0.2, -0.15) is 0 Å². The Kier molecular flexibility index (Phi) is 3.74. The molecule has 2 aromatic rings. The average Bonchev–Trinajstić information content (AvgIpc) is 2.80. The maximum absolute atomic E-state index is 12.1. The lowest BCUT2D eigenvalue weighted by Gasteiger charge is -2.21. The van der Waals surface area contributed by atoms with Crippen LogP contribution in [0.2, 0.25) is 0 Å². The maximum atomic E-state index is 12.1. The van der Waals surface area contributed by atoms with Crippen molar-refractivity contribution in [3.63, 3.8) is 0 Å². The number of nitro benzene ring substituents is 1. The zero-order chi connectivity index (χ0) is 14.9. The van der Waals surface area contributed by atoms with E-state index in [0.29, 0.717) is 5.52 Å². The molecular formula is C14H17N3O3. The van der Waals surface area contributed by atoms with Crippen molar-refractivity contribution in [1.82, 2.24) is 9.47 Å². The summed E-state index contributed by atoms with van der Waals surface area (Å²) in [6.07, 6.45) is 1.78. The van der Waals surface area contributed by atoms with Gasteiger partial charge < -0.3 is 9.47 Å². The molecule has 1 amide bonds. The Balaban J connectivity index is 2.33. The molecule has 0 aliphatic heterocycles. The van der Waals surface area contributed by atoms with Crippen LogP contribution in [0.25, 0.3) is 10.9 Å². The number of fused-ring (bicyclic) bond motifs is 1. The first kappa shape index (κ1) is 14.0. The van der Waals surface area contributed by atoms with Crippen molar-refractivity contribution >= 4 is 22.5 Å². The summed E-state index contributed by atoms with van der Waals surface area (Å²) >= 11 is 0. The molecule has 0 aliphatic carbocycles. The Morgan fingerprint density at radius 1 is 1.40 bits per heavy atom. The number of carbonyl (C=O) groups is 1. The summed E-state index contributed by atoms with van der Waals surface area (Å²) in [6.45, 7) is 4.06. The zero-order valence-corrected chi connectivity index (χ0v) is 11.7. The van der Waals surface area contributed by atoms with Gasteiger partial charge in [0.15, 0.2) is 0 Å². The number of non-ortho nitro benzene ring substituents is 1. The number of nitro groups is 1. The van der Waals surface area contributed by atoms with Crippen LogP contribution in [0.1, 0.15) is 13.8 Å². The highest BCUT2D eigenvalue weighted by Crippen LogP contribution is 2.22. The fourth-order valence-corrected chi connectivity index (χ4v) is 1.97. The van der Waals surface area contributed by atoms with E-state index in [1.165, 1.54) is 12.1 Å². The highest BCUT2D eigenvalue weighted by Gasteiger charge is 2.15. The molecule has 0 N–H and O–H groups in total. The predicted octanol–water partition coefficient (Wildman–Crippen LogP) is 2.42. The van der Waals surface area contributed by atoms with Crippen molar-refractivity contribution < 1.29 is 9.72 Å². The number of carbonyl (C=O) groups excluding carboxylic acids is 1. The lowest BCUT2D eigenvalue weighted by Crippen LogP contribution is -2.35. The average molecular weight is 275 g/mol. The molecule has 6 heteroatoms. The van der Waals surface area contributed by atoms with Crippen molar-refractivity contribution in [2.75, 3.05) is 7.05 Å². The SMILES string of the molecule is CC(C)N(C)C(=O)Cn1ccc2ccc([N+](=O)[O-])cc21. The highest BCUT2D eigenvalue weighted by molar-refractivity contribution is 5.85. The standard InChI is InChI=1S/C14H17N3O3/c1-10(2)15(3)14(18)9-16-7-6-11-4-5-12(17(19)20)8-13(11)16/h4-8,10H,9H2,1-3H3. The minimum Gasteiger partial charge on any atom is -0.342 e. The minimum absolute atomic E-state index is 0.0241. The largest absolute Gasteiger partial charge is 0.342 e. The van der Waals surface area contributed by atoms with Gasteiger partial charge in [-0.3, -0.25) is 14.9 Å². The number of hydrogen-bond acceptors (Lipinski definition) is 3. The molecular weight excluding hydrogens is 258 g/mol.